The Morgan fingerprint density at radius 1 is 1.23 bits per heavy atom. The summed E-state index contributed by atoms with van der Waals surface area (Å²) in [7, 11) is 1.99. The first-order valence-corrected chi connectivity index (χ1v) is 9.52. The Kier molecular flexibility index (Phi) is 8.91. The predicted octanol–water partition coefficient (Wildman–Crippen LogP) is 4.02. The zero-order chi connectivity index (χ0) is 18.4. The number of piperidine rings is 1. The van der Waals surface area contributed by atoms with Gasteiger partial charge in [0, 0.05) is 13.1 Å². The summed E-state index contributed by atoms with van der Waals surface area (Å²) in [6, 6.07) is 8.10. The quantitative estimate of drug-likeness (QED) is 0.807. The molecule has 26 heavy (non-hydrogen) atoms. The Bertz CT molecular complexity index is 546. The molecule has 1 aliphatic rings. The van der Waals surface area contributed by atoms with Crippen molar-refractivity contribution < 1.29 is 9.53 Å². The molecular weight excluding hydrogens is 348 g/mol. The van der Waals surface area contributed by atoms with Crippen LogP contribution in [0.2, 0.25) is 0 Å². The van der Waals surface area contributed by atoms with Gasteiger partial charge in [0.2, 0.25) is 0 Å². The van der Waals surface area contributed by atoms with Crippen LogP contribution in [0.1, 0.15) is 52.5 Å². The number of nitrogens with zero attached hydrogens (tertiary/aromatic N) is 1. The topological polar surface area (TPSA) is 41.6 Å². The van der Waals surface area contributed by atoms with Gasteiger partial charge >= 0.3 is 0 Å². The summed E-state index contributed by atoms with van der Waals surface area (Å²) in [5, 5.41) is 3.21. The molecule has 1 unspecified atom stereocenters. The van der Waals surface area contributed by atoms with Gasteiger partial charge in [-0.3, -0.25) is 4.79 Å². The Morgan fingerprint density at radius 2 is 1.81 bits per heavy atom. The molecule has 0 aliphatic carbocycles. The molecule has 4 nitrogen and oxygen atoms in total. The Balaban J connectivity index is 0.00000338. The number of nitrogens with one attached hydrogen (secondary N) is 1. The maximum Gasteiger partial charge on any atom is 0.263 e. The van der Waals surface area contributed by atoms with Gasteiger partial charge in [-0.05, 0) is 68.8 Å². The van der Waals surface area contributed by atoms with Crippen LogP contribution >= 0.6 is 12.4 Å². The Hall–Kier alpha value is -1.26. The molecular formula is C21H35ClN2O2. The van der Waals surface area contributed by atoms with E-state index >= 15 is 0 Å². The van der Waals surface area contributed by atoms with Crippen molar-refractivity contribution in [3.8, 4) is 5.75 Å². The highest BCUT2D eigenvalue weighted by Crippen LogP contribution is 2.25. The predicted molar refractivity (Wildman–Crippen MR) is 110 cm³/mol. The van der Waals surface area contributed by atoms with Crippen LogP contribution in [0, 0.1) is 5.92 Å². The van der Waals surface area contributed by atoms with Crippen molar-refractivity contribution in [1.82, 2.24) is 10.2 Å². The third-order valence-corrected chi connectivity index (χ3v) is 5.11. The molecule has 1 atom stereocenters. The fraction of sp³-hybridized carbons (Fsp3) is 0.667. The van der Waals surface area contributed by atoms with E-state index in [1.807, 2.05) is 31.0 Å². The van der Waals surface area contributed by atoms with Gasteiger partial charge in [0.05, 0.1) is 0 Å². The summed E-state index contributed by atoms with van der Waals surface area (Å²) in [6.07, 6.45) is 2.96. The summed E-state index contributed by atoms with van der Waals surface area (Å²) >= 11 is 0. The largest absolute Gasteiger partial charge is 0.481 e. The SMILES string of the molecule is CNCCC1CCN(C(=O)C(C)Oc2ccc(C(C)(C)C)cc2)CC1.Cl. The molecule has 1 saturated heterocycles. The first-order chi connectivity index (χ1) is 11.8. The lowest BCUT2D eigenvalue weighted by atomic mass is 9.87. The number of carbonyl (C=O) groups excluding carboxylic acids is 1. The van der Waals surface area contributed by atoms with Gasteiger partial charge in [0.15, 0.2) is 6.10 Å². The Morgan fingerprint density at radius 3 is 2.31 bits per heavy atom. The molecule has 0 aromatic heterocycles. The maximum atomic E-state index is 12.6. The van der Waals surface area contributed by atoms with Gasteiger partial charge in [-0.15, -0.1) is 12.4 Å². The highest BCUT2D eigenvalue weighted by molar-refractivity contribution is 5.85. The average Bonchev–Trinajstić information content (AvgIpc) is 2.59. The standard InChI is InChI=1S/C21H34N2O2.ClH/c1-16(25-19-8-6-18(7-9-19)21(2,3)4)20(24)23-14-11-17(12-15-23)10-13-22-5;/h6-9,16-17,22H,10-15H2,1-5H3;1H. The van der Waals surface area contributed by atoms with Crippen LogP contribution in [0.25, 0.3) is 0 Å². The van der Waals surface area contributed by atoms with E-state index in [0.717, 1.165) is 44.1 Å². The monoisotopic (exact) mass is 382 g/mol. The molecule has 0 bridgehead atoms. The molecule has 1 fully saturated rings. The van der Waals surface area contributed by atoms with Gasteiger partial charge in [0.1, 0.15) is 5.75 Å². The molecule has 0 saturated carbocycles. The molecule has 1 amide bonds. The molecule has 5 heteroatoms. The first-order valence-electron chi connectivity index (χ1n) is 9.52. The van der Waals surface area contributed by atoms with E-state index in [9.17, 15) is 4.79 Å². The number of amides is 1. The van der Waals surface area contributed by atoms with E-state index in [0.29, 0.717) is 0 Å². The van der Waals surface area contributed by atoms with E-state index < -0.39 is 6.10 Å². The molecule has 1 N–H and O–H groups in total. The van der Waals surface area contributed by atoms with Crippen LogP contribution in [0.15, 0.2) is 24.3 Å². The third-order valence-electron chi connectivity index (χ3n) is 5.11. The van der Waals surface area contributed by atoms with E-state index in [2.05, 4.69) is 38.2 Å². The minimum absolute atomic E-state index is 0. The summed E-state index contributed by atoms with van der Waals surface area (Å²) in [5.41, 5.74) is 1.39. The second-order valence-corrected chi connectivity index (χ2v) is 8.20. The number of hydrogen-bond donors (Lipinski definition) is 1. The summed E-state index contributed by atoms with van der Waals surface area (Å²) in [4.78, 5) is 14.6. The lowest BCUT2D eigenvalue weighted by Crippen LogP contribution is -2.45. The molecule has 1 aromatic rings. The summed E-state index contributed by atoms with van der Waals surface area (Å²) in [6.45, 7) is 11.2. The number of benzene rings is 1. The molecule has 1 heterocycles. The fourth-order valence-electron chi connectivity index (χ4n) is 3.34. The fourth-order valence-corrected chi connectivity index (χ4v) is 3.34. The van der Waals surface area contributed by atoms with Crippen LogP contribution in [-0.2, 0) is 10.2 Å². The van der Waals surface area contributed by atoms with Crippen LogP contribution in [-0.4, -0.2) is 43.6 Å². The number of carbonyl (C=O) groups is 1. The molecule has 0 radical (unpaired) electrons. The van der Waals surface area contributed by atoms with E-state index in [4.69, 9.17) is 4.74 Å². The number of likely N-dealkylation sites (tertiary alicyclic amines) is 1. The van der Waals surface area contributed by atoms with Crippen molar-refractivity contribution in [2.75, 3.05) is 26.7 Å². The van der Waals surface area contributed by atoms with Gasteiger partial charge in [-0.1, -0.05) is 32.9 Å². The van der Waals surface area contributed by atoms with E-state index in [1.165, 1.54) is 12.0 Å². The number of rotatable bonds is 6. The van der Waals surface area contributed by atoms with Gasteiger partial charge in [-0.25, -0.2) is 0 Å². The second-order valence-electron chi connectivity index (χ2n) is 8.20. The van der Waals surface area contributed by atoms with Crippen molar-refractivity contribution >= 4 is 18.3 Å². The van der Waals surface area contributed by atoms with Crippen molar-refractivity contribution in [2.24, 2.45) is 5.92 Å². The number of ether oxygens (including phenoxy) is 1. The second kappa shape index (κ2) is 10.2. The molecule has 2 rings (SSSR count). The van der Waals surface area contributed by atoms with Gasteiger partial charge in [0.25, 0.3) is 5.91 Å². The maximum absolute atomic E-state index is 12.6. The van der Waals surface area contributed by atoms with E-state index in [1.54, 1.807) is 0 Å². The smallest absolute Gasteiger partial charge is 0.263 e. The van der Waals surface area contributed by atoms with Crippen LogP contribution in [0.4, 0.5) is 0 Å². The highest BCUT2D eigenvalue weighted by atomic mass is 35.5. The van der Waals surface area contributed by atoms with Crippen molar-refractivity contribution in [1.29, 1.82) is 0 Å². The first kappa shape index (κ1) is 22.8. The van der Waals surface area contributed by atoms with Crippen LogP contribution in [0.3, 0.4) is 0 Å². The minimum Gasteiger partial charge on any atom is -0.481 e. The summed E-state index contributed by atoms with van der Waals surface area (Å²) in [5.74, 6) is 1.60. The van der Waals surface area contributed by atoms with Crippen molar-refractivity contribution in [3.05, 3.63) is 29.8 Å². The highest BCUT2D eigenvalue weighted by Gasteiger charge is 2.26. The third kappa shape index (κ3) is 6.48. The van der Waals surface area contributed by atoms with Crippen LogP contribution in [0.5, 0.6) is 5.75 Å². The summed E-state index contributed by atoms with van der Waals surface area (Å²) < 4.78 is 5.89. The lowest BCUT2D eigenvalue weighted by Gasteiger charge is -2.33. The number of hydrogen-bond acceptors (Lipinski definition) is 3. The van der Waals surface area contributed by atoms with Gasteiger partial charge < -0.3 is 15.0 Å². The molecule has 148 valence electrons. The molecule has 1 aliphatic heterocycles. The molecule has 0 spiro atoms. The number of halogens is 1. The zero-order valence-corrected chi connectivity index (χ0v) is 17.7. The van der Waals surface area contributed by atoms with Gasteiger partial charge in [-0.2, -0.15) is 0 Å². The molecule has 1 aromatic carbocycles. The minimum atomic E-state index is -0.436. The normalized spacial score (nSPS) is 16.7. The van der Waals surface area contributed by atoms with Crippen molar-refractivity contribution in [3.63, 3.8) is 0 Å². The van der Waals surface area contributed by atoms with E-state index in [-0.39, 0.29) is 23.7 Å². The lowest BCUT2D eigenvalue weighted by molar-refractivity contribution is -0.139. The zero-order valence-electron chi connectivity index (χ0n) is 16.9. The van der Waals surface area contributed by atoms with Crippen LogP contribution < -0.4 is 10.1 Å². The Labute approximate surface area is 165 Å². The van der Waals surface area contributed by atoms with Crippen molar-refractivity contribution in [2.45, 2.75) is 58.5 Å². The average molecular weight is 383 g/mol.